The van der Waals surface area contributed by atoms with E-state index in [9.17, 15) is 0 Å². The van der Waals surface area contributed by atoms with E-state index in [1.165, 1.54) is 31.3 Å². The molecule has 0 aliphatic heterocycles. The third kappa shape index (κ3) is 3.58. The first kappa shape index (κ1) is 13.6. The van der Waals surface area contributed by atoms with Crippen LogP contribution < -0.4 is 11.3 Å². The molecule has 0 spiro atoms. The van der Waals surface area contributed by atoms with Gasteiger partial charge in [0.25, 0.3) is 0 Å². The topological polar surface area (TPSA) is 38.0 Å². The Labute approximate surface area is 114 Å². The minimum absolute atomic E-state index is 0.211. The van der Waals surface area contributed by atoms with E-state index < -0.39 is 0 Å². The van der Waals surface area contributed by atoms with Crippen molar-refractivity contribution < 1.29 is 0 Å². The van der Waals surface area contributed by atoms with E-state index in [1.807, 2.05) is 18.2 Å². The summed E-state index contributed by atoms with van der Waals surface area (Å²) in [7, 11) is 0. The molecule has 0 amide bonds. The van der Waals surface area contributed by atoms with Gasteiger partial charge in [0.2, 0.25) is 0 Å². The summed E-state index contributed by atoms with van der Waals surface area (Å²) in [4.78, 5) is 0. The predicted octanol–water partition coefficient (Wildman–Crippen LogP) is 3.60. The maximum Gasteiger partial charge on any atom is 0.0460 e. The van der Waals surface area contributed by atoms with E-state index in [2.05, 4.69) is 17.6 Å². The monoisotopic (exact) mass is 264 g/mol. The highest BCUT2D eigenvalue weighted by molar-refractivity contribution is 6.31. The summed E-state index contributed by atoms with van der Waals surface area (Å²) in [5, 5.41) is 0.826. The lowest BCUT2D eigenvalue weighted by atomic mass is 9.96. The Balaban J connectivity index is 2.09. The first-order valence-electron chi connectivity index (χ1n) is 6.69. The summed E-state index contributed by atoms with van der Waals surface area (Å²) in [6.45, 7) is 0. The predicted molar refractivity (Wildman–Crippen MR) is 77.4 cm³/mol. The molecule has 2 nitrogen and oxygen atoms in total. The largest absolute Gasteiger partial charge is 0.271 e. The molecule has 3 heteroatoms. The summed E-state index contributed by atoms with van der Waals surface area (Å²) in [6.07, 6.45) is 9.44. The second kappa shape index (κ2) is 6.93. The van der Waals surface area contributed by atoms with Crippen molar-refractivity contribution in [1.29, 1.82) is 0 Å². The maximum atomic E-state index is 6.21. The quantitative estimate of drug-likeness (QED) is 0.495. The van der Waals surface area contributed by atoms with Gasteiger partial charge in [-0.15, -0.1) is 0 Å². The third-order valence-electron chi connectivity index (χ3n) is 3.61. The zero-order valence-electron chi connectivity index (χ0n) is 10.7. The van der Waals surface area contributed by atoms with Gasteiger partial charge in [0.1, 0.15) is 0 Å². The fourth-order valence-corrected chi connectivity index (χ4v) is 2.75. The number of hydrogen-bond donors (Lipinski definition) is 2. The van der Waals surface area contributed by atoms with Crippen molar-refractivity contribution in [3.8, 4) is 0 Å². The van der Waals surface area contributed by atoms with Gasteiger partial charge in [-0.3, -0.25) is 11.3 Å². The van der Waals surface area contributed by atoms with Crippen LogP contribution in [0, 0.1) is 0 Å². The molecule has 0 saturated carbocycles. The van der Waals surface area contributed by atoms with Gasteiger partial charge < -0.3 is 0 Å². The van der Waals surface area contributed by atoms with Crippen LogP contribution in [0.2, 0.25) is 5.02 Å². The molecule has 1 unspecified atom stereocenters. The number of allylic oxidation sites excluding steroid dienone is 1. The van der Waals surface area contributed by atoms with Gasteiger partial charge in [-0.1, -0.05) is 47.9 Å². The Morgan fingerprint density at radius 1 is 1.22 bits per heavy atom. The number of benzene rings is 1. The second-order valence-electron chi connectivity index (χ2n) is 4.89. The molecule has 1 atom stereocenters. The molecule has 0 heterocycles. The molecular formula is C15H21ClN2. The van der Waals surface area contributed by atoms with Crippen LogP contribution in [-0.2, 0) is 6.42 Å². The Kier molecular flexibility index (Phi) is 5.24. The summed E-state index contributed by atoms with van der Waals surface area (Å²) < 4.78 is 0. The molecule has 0 bridgehead atoms. The van der Waals surface area contributed by atoms with Gasteiger partial charge in [-0.2, -0.15) is 0 Å². The smallest absolute Gasteiger partial charge is 0.0460 e. The van der Waals surface area contributed by atoms with Crippen molar-refractivity contribution in [1.82, 2.24) is 5.43 Å². The fraction of sp³-hybridized carbons (Fsp3) is 0.467. The van der Waals surface area contributed by atoms with Crippen LogP contribution >= 0.6 is 11.6 Å². The third-order valence-corrected chi connectivity index (χ3v) is 3.98. The molecular weight excluding hydrogens is 244 g/mol. The van der Waals surface area contributed by atoms with E-state index in [4.69, 9.17) is 17.4 Å². The van der Waals surface area contributed by atoms with Crippen LogP contribution in [0.1, 0.15) is 37.7 Å². The average molecular weight is 265 g/mol. The number of nitrogens with one attached hydrogen (secondary N) is 1. The minimum Gasteiger partial charge on any atom is -0.271 e. The lowest BCUT2D eigenvalue weighted by Gasteiger charge is -2.20. The molecule has 1 aromatic carbocycles. The van der Waals surface area contributed by atoms with E-state index in [1.54, 1.807) is 0 Å². The number of nitrogens with two attached hydrogens (primary N) is 1. The van der Waals surface area contributed by atoms with Gasteiger partial charge in [0.05, 0.1) is 0 Å². The van der Waals surface area contributed by atoms with Gasteiger partial charge in [0.15, 0.2) is 0 Å². The summed E-state index contributed by atoms with van der Waals surface area (Å²) in [5.41, 5.74) is 5.55. The molecule has 98 valence electrons. The van der Waals surface area contributed by atoms with Gasteiger partial charge in [-0.05, 0) is 43.7 Å². The normalized spacial score (nSPS) is 18.0. The minimum atomic E-state index is 0.211. The van der Waals surface area contributed by atoms with Crippen LogP contribution in [0.3, 0.4) is 0 Å². The fourth-order valence-electron chi connectivity index (χ4n) is 2.54. The van der Waals surface area contributed by atoms with Crippen molar-refractivity contribution >= 4 is 11.6 Å². The van der Waals surface area contributed by atoms with Crippen LogP contribution in [0.15, 0.2) is 35.9 Å². The summed E-state index contributed by atoms with van der Waals surface area (Å²) in [5.74, 6) is 5.72. The molecule has 1 aromatic rings. The summed E-state index contributed by atoms with van der Waals surface area (Å²) >= 11 is 6.21. The SMILES string of the molecule is NNC(Cc1ccccc1Cl)C1=CCCCCC1. The molecule has 0 radical (unpaired) electrons. The summed E-state index contributed by atoms with van der Waals surface area (Å²) in [6, 6.07) is 8.20. The maximum absolute atomic E-state index is 6.21. The number of rotatable bonds is 4. The van der Waals surface area contributed by atoms with Crippen LogP contribution in [0.25, 0.3) is 0 Å². The zero-order valence-corrected chi connectivity index (χ0v) is 11.4. The molecule has 18 heavy (non-hydrogen) atoms. The van der Waals surface area contributed by atoms with Crippen molar-refractivity contribution in [2.75, 3.05) is 0 Å². The van der Waals surface area contributed by atoms with Crippen molar-refractivity contribution in [3.05, 3.63) is 46.5 Å². The average Bonchev–Trinajstić information content (AvgIpc) is 2.67. The van der Waals surface area contributed by atoms with E-state index in [0.717, 1.165) is 23.4 Å². The van der Waals surface area contributed by atoms with Crippen molar-refractivity contribution in [3.63, 3.8) is 0 Å². The van der Waals surface area contributed by atoms with Crippen LogP contribution in [-0.4, -0.2) is 6.04 Å². The lowest BCUT2D eigenvalue weighted by molar-refractivity contribution is 0.564. The number of hydrazine groups is 1. The standard InChI is InChI=1S/C15H21ClN2/c16-14-10-6-5-9-13(14)11-15(18-17)12-7-3-1-2-4-8-12/h5-7,9-10,15,18H,1-4,8,11,17H2. The van der Waals surface area contributed by atoms with E-state index in [0.29, 0.717) is 0 Å². The van der Waals surface area contributed by atoms with Crippen molar-refractivity contribution in [2.24, 2.45) is 5.84 Å². The lowest BCUT2D eigenvalue weighted by Crippen LogP contribution is -2.38. The number of hydrogen-bond acceptors (Lipinski definition) is 2. The van der Waals surface area contributed by atoms with Gasteiger partial charge >= 0.3 is 0 Å². The molecule has 1 aliphatic rings. The highest BCUT2D eigenvalue weighted by atomic mass is 35.5. The number of halogens is 1. The highest BCUT2D eigenvalue weighted by Gasteiger charge is 2.15. The Morgan fingerprint density at radius 2 is 2.06 bits per heavy atom. The van der Waals surface area contributed by atoms with E-state index in [-0.39, 0.29) is 6.04 Å². The van der Waals surface area contributed by atoms with Crippen LogP contribution in [0.5, 0.6) is 0 Å². The van der Waals surface area contributed by atoms with Gasteiger partial charge in [0, 0.05) is 11.1 Å². The first-order valence-corrected chi connectivity index (χ1v) is 7.07. The van der Waals surface area contributed by atoms with E-state index >= 15 is 0 Å². The molecule has 2 rings (SSSR count). The van der Waals surface area contributed by atoms with Gasteiger partial charge in [-0.25, -0.2) is 0 Å². The zero-order chi connectivity index (χ0) is 12.8. The molecule has 0 aromatic heterocycles. The van der Waals surface area contributed by atoms with Crippen LogP contribution in [0.4, 0.5) is 0 Å². The first-order chi connectivity index (χ1) is 8.81. The Morgan fingerprint density at radius 3 is 2.83 bits per heavy atom. The second-order valence-corrected chi connectivity index (χ2v) is 5.30. The Hall–Kier alpha value is -0.830. The molecule has 3 N–H and O–H groups in total. The van der Waals surface area contributed by atoms with Crippen molar-refractivity contribution in [2.45, 2.75) is 44.6 Å². The molecule has 0 fully saturated rings. The highest BCUT2D eigenvalue weighted by Crippen LogP contribution is 2.24. The molecule has 0 saturated heterocycles. The molecule has 1 aliphatic carbocycles. The Bertz CT molecular complexity index is 415.